The maximum Gasteiger partial charge on any atom is 0.256 e. The summed E-state index contributed by atoms with van der Waals surface area (Å²) in [5.74, 6) is 0.0475. The van der Waals surface area contributed by atoms with Gasteiger partial charge in [0, 0.05) is 17.8 Å². The molecule has 1 N–H and O–H groups in total. The summed E-state index contributed by atoms with van der Waals surface area (Å²) in [6.45, 7) is 3.86. The predicted octanol–water partition coefficient (Wildman–Crippen LogP) is 1.95. The van der Waals surface area contributed by atoms with Crippen molar-refractivity contribution >= 4 is 0 Å². The number of pyridine rings is 1. The molecule has 0 spiro atoms. The lowest BCUT2D eigenvalue weighted by atomic mass is 10.2. The number of hydrogen-bond acceptors (Lipinski definition) is 3. The summed E-state index contributed by atoms with van der Waals surface area (Å²) >= 11 is 0. The number of aromatic hydroxyl groups is 1. The third kappa shape index (κ3) is 1.97. The van der Waals surface area contributed by atoms with Crippen molar-refractivity contribution in [3.05, 3.63) is 28.2 Å². The molecule has 2 rings (SSSR count). The summed E-state index contributed by atoms with van der Waals surface area (Å²) in [4.78, 5) is 11.7. The van der Waals surface area contributed by atoms with Crippen molar-refractivity contribution in [3.63, 3.8) is 0 Å². The standard InChI is InChI=1S/C12H17NO3/c1-3-9-4-5-12(16-9)13-7-8(2)10(14)6-11(13)15/h6-7,9,12,14H,3-5H2,1-2H3. The zero-order valence-corrected chi connectivity index (χ0v) is 9.64. The van der Waals surface area contributed by atoms with Crippen molar-refractivity contribution in [2.45, 2.75) is 45.4 Å². The van der Waals surface area contributed by atoms with Gasteiger partial charge in [0.1, 0.15) is 12.0 Å². The molecule has 1 aromatic heterocycles. The van der Waals surface area contributed by atoms with Gasteiger partial charge in [0.2, 0.25) is 0 Å². The van der Waals surface area contributed by atoms with Crippen molar-refractivity contribution < 1.29 is 9.84 Å². The fourth-order valence-corrected chi connectivity index (χ4v) is 2.06. The SMILES string of the molecule is CCC1CCC(n2cc(C)c(O)cc2=O)O1. The Morgan fingerprint density at radius 2 is 2.31 bits per heavy atom. The summed E-state index contributed by atoms with van der Waals surface area (Å²) in [6.07, 6.45) is 4.58. The first-order valence-electron chi connectivity index (χ1n) is 5.69. The highest BCUT2D eigenvalue weighted by atomic mass is 16.5. The zero-order chi connectivity index (χ0) is 11.7. The van der Waals surface area contributed by atoms with Crippen LogP contribution in [0.3, 0.4) is 0 Å². The molecule has 1 saturated heterocycles. The summed E-state index contributed by atoms with van der Waals surface area (Å²) in [6, 6.07) is 1.25. The smallest absolute Gasteiger partial charge is 0.256 e. The van der Waals surface area contributed by atoms with Crippen LogP contribution in [0.4, 0.5) is 0 Å². The van der Waals surface area contributed by atoms with E-state index < -0.39 is 0 Å². The van der Waals surface area contributed by atoms with Crippen LogP contribution >= 0.6 is 0 Å². The van der Waals surface area contributed by atoms with Crippen molar-refractivity contribution in [1.29, 1.82) is 0 Å². The second kappa shape index (κ2) is 4.29. The Morgan fingerprint density at radius 1 is 1.56 bits per heavy atom. The molecule has 1 aliphatic rings. The van der Waals surface area contributed by atoms with Crippen LogP contribution in [0.1, 0.15) is 38.0 Å². The van der Waals surface area contributed by atoms with Crippen LogP contribution in [-0.2, 0) is 4.74 Å². The maximum absolute atomic E-state index is 11.7. The van der Waals surface area contributed by atoms with Crippen LogP contribution in [0.5, 0.6) is 5.75 Å². The van der Waals surface area contributed by atoms with Gasteiger partial charge in [-0.3, -0.25) is 9.36 Å². The summed E-state index contributed by atoms with van der Waals surface area (Å²) in [5, 5.41) is 9.41. The van der Waals surface area contributed by atoms with E-state index in [0.29, 0.717) is 5.56 Å². The monoisotopic (exact) mass is 223 g/mol. The van der Waals surface area contributed by atoms with Gasteiger partial charge in [-0.1, -0.05) is 6.92 Å². The number of ether oxygens (including phenoxy) is 1. The lowest BCUT2D eigenvalue weighted by Crippen LogP contribution is -2.24. The van der Waals surface area contributed by atoms with Gasteiger partial charge in [-0.2, -0.15) is 0 Å². The van der Waals surface area contributed by atoms with Crippen molar-refractivity contribution in [3.8, 4) is 5.75 Å². The lowest BCUT2D eigenvalue weighted by Gasteiger charge is -2.16. The highest BCUT2D eigenvalue weighted by Gasteiger charge is 2.25. The minimum atomic E-state index is -0.204. The number of nitrogens with zero attached hydrogens (tertiary/aromatic N) is 1. The predicted molar refractivity (Wildman–Crippen MR) is 60.5 cm³/mol. The number of hydrogen-bond donors (Lipinski definition) is 1. The van der Waals surface area contributed by atoms with E-state index in [0.717, 1.165) is 19.3 Å². The van der Waals surface area contributed by atoms with E-state index in [1.165, 1.54) is 6.07 Å². The van der Waals surface area contributed by atoms with E-state index in [2.05, 4.69) is 6.92 Å². The Labute approximate surface area is 94.5 Å². The molecular weight excluding hydrogens is 206 g/mol. The topological polar surface area (TPSA) is 51.5 Å². The molecule has 0 amide bonds. The summed E-state index contributed by atoms with van der Waals surface area (Å²) in [5.41, 5.74) is 0.494. The quantitative estimate of drug-likeness (QED) is 0.833. The third-order valence-corrected chi connectivity index (χ3v) is 3.10. The number of rotatable bonds is 2. The lowest BCUT2D eigenvalue weighted by molar-refractivity contribution is -0.00134. The molecule has 4 heteroatoms. The first-order chi connectivity index (χ1) is 7.61. The molecule has 0 bridgehead atoms. The van der Waals surface area contributed by atoms with Crippen LogP contribution in [0.25, 0.3) is 0 Å². The van der Waals surface area contributed by atoms with E-state index >= 15 is 0 Å². The molecule has 2 atom stereocenters. The Morgan fingerprint density at radius 3 is 2.94 bits per heavy atom. The van der Waals surface area contributed by atoms with E-state index in [4.69, 9.17) is 4.74 Å². The molecule has 88 valence electrons. The molecule has 0 radical (unpaired) electrons. The van der Waals surface area contributed by atoms with Gasteiger partial charge in [-0.05, 0) is 26.2 Å². The van der Waals surface area contributed by atoms with Crippen LogP contribution in [0.2, 0.25) is 0 Å². The molecule has 1 aromatic rings. The minimum Gasteiger partial charge on any atom is -0.507 e. The molecule has 0 aromatic carbocycles. The highest BCUT2D eigenvalue weighted by Crippen LogP contribution is 2.29. The molecular formula is C12H17NO3. The Balaban J connectivity index is 2.28. The number of aromatic nitrogens is 1. The Bertz CT molecular complexity index is 438. The Kier molecular flexibility index (Phi) is 3.01. The van der Waals surface area contributed by atoms with Gasteiger partial charge < -0.3 is 9.84 Å². The van der Waals surface area contributed by atoms with Crippen LogP contribution < -0.4 is 5.56 Å². The van der Waals surface area contributed by atoms with Crippen LogP contribution in [0, 0.1) is 6.92 Å². The van der Waals surface area contributed by atoms with Gasteiger partial charge in [0.25, 0.3) is 5.56 Å². The fourth-order valence-electron chi connectivity index (χ4n) is 2.06. The first-order valence-corrected chi connectivity index (χ1v) is 5.69. The van der Waals surface area contributed by atoms with Gasteiger partial charge in [-0.15, -0.1) is 0 Å². The summed E-state index contributed by atoms with van der Waals surface area (Å²) < 4.78 is 7.33. The minimum absolute atomic E-state index is 0.0475. The zero-order valence-electron chi connectivity index (χ0n) is 9.64. The first kappa shape index (κ1) is 11.2. The fraction of sp³-hybridized carbons (Fsp3) is 0.583. The van der Waals surface area contributed by atoms with E-state index in [9.17, 15) is 9.90 Å². The summed E-state index contributed by atoms with van der Waals surface area (Å²) in [7, 11) is 0. The van der Waals surface area contributed by atoms with Crippen LogP contribution in [-0.4, -0.2) is 15.8 Å². The molecule has 2 heterocycles. The molecule has 1 aliphatic heterocycles. The van der Waals surface area contributed by atoms with Crippen molar-refractivity contribution in [1.82, 2.24) is 4.57 Å². The third-order valence-electron chi connectivity index (χ3n) is 3.10. The largest absolute Gasteiger partial charge is 0.507 e. The highest BCUT2D eigenvalue weighted by molar-refractivity contribution is 5.27. The van der Waals surface area contributed by atoms with E-state index in [1.54, 1.807) is 17.7 Å². The number of aryl methyl sites for hydroxylation is 1. The second-order valence-electron chi connectivity index (χ2n) is 4.29. The molecule has 0 saturated carbocycles. The molecule has 2 unspecified atom stereocenters. The van der Waals surface area contributed by atoms with E-state index in [1.807, 2.05) is 0 Å². The average Bonchev–Trinajstić information content (AvgIpc) is 2.71. The molecule has 16 heavy (non-hydrogen) atoms. The Hall–Kier alpha value is -1.29. The maximum atomic E-state index is 11.7. The van der Waals surface area contributed by atoms with Crippen molar-refractivity contribution in [2.24, 2.45) is 0 Å². The average molecular weight is 223 g/mol. The van der Waals surface area contributed by atoms with Gasteiger partial charge in [-0.25, -0.2) is 0 Å². The second-order valence-corrected chi connectivity index (χ2v) is 4.29. The van der Waals surface area contributed by atoms with Gasteiger partial charge in [0.05, 0.1) is 6.10 Å². The van der Waals surface area contributed by atoms with Crippen molar-refractivity contribution in [2.75, 3.05) is 0 Å². The normalized spacial score (nSPS) is 24.9. The van der Waals surface area contributed by atoms with Crippen LogP contribution in [0.15, 0.2) is 17.1 Å². The molecule has 1 fully saturated rings. The van der Waals surface area contributed by atoms with Gasteiger partial charge >= 0.3 is 0 Å². The van der Waals surface area contributed by atoms with Gasteiger partial charge in [0.15, 0.2) is 0 Å². The molecule has 0 aliphatic carbocycles. The van der Waals surface area contributed by atoms with E-state index in [-0.39, 0.29) is 23.6 Å². The molecule has 4 nitrogen and oxygen atoms in total.